The molecule has 8 heteroatoms. The van der Waals surface area contributed by atoms with Crippen molar-refractivity contribution in [2.45, 2.75) is 37.1 Å². The molecule has 0 radical (unpaired) electrons. The first-order chi connectivity index (χ1) is 9.47. The maximum atomic E-state index is 5.53. The van der Waals surface area contributed by atoms with Crippen LogP contribution >= 0.6 is 11.8 Å². The van der Waals surface area contributed by atoms with Crippen molar-refractivity contribution < 1.29 is 4.74 Å². The summed E-state index contributed by atoms with van der Waals surface area (Å²) in [6, 6.07) is 2.30. The fourth-order valence-corrected chi connectivity index (χ4v) is 2.38. The Balaban J connectivity index is 2.28. The molecule has 1 N–H and O–H groups in total. The summed E-state index contributed by atoms with van der Waals surface area (Å²) in [5.74, 6) is 0.483. The third-order valence-electron chi connectivity index (χ3n) is 2.31. The Hall–Kier alpha value is -1.83. The number of aryl methyl sites for hydroxylation is 2. The van der Waals surface area contributed by atoms with E-state index in [4.69, 9.17) is 4.74 Å². The maximum Gasteiger partial charge on any atom is 0.322 e. The van der Waals surface area contributed by atoms with Crippen LogP contribution in [0.4, 0.5) is 5.95 Å². The summed E-state index contributed by atoms with van der Waals surface area (Å²) >= 11 is 1.42. The predicted molar refractivity (Wildman–Crippen MR) is 77.2 cm³/mol. The van der Waals surface area contributed by atoms with Gasteiger partial charge in [-0.25, -0.2) is 0 Å². The molecule has 0 fully saturated rings. The van der Waals surface area contributed by atoms with E-state index in [-0.39, 0.29) is 6.10 Å². The Morgan fingerprint density at radius 3 is 2.60 bits per heavy atom. The molecule has 108 valence electrons. The number of nitrogens with zero attached hydrogens (tertiary/aromatic N) is 5. The number of hydrogen-bond donors (Lipinski definition) is 1. The molecule has 0 saturated carbocycles. The topological polar surface area (TPSA) is 77.8 Å². The summed E-state index contributed by atoms with van der Waals surface area (Å²) in [7, 11) is 3.65. The van der Waals surface area contributed by atoms with Crippen LogP contribution in [-0.2, 0) is 7.05 Å². The SMILES string of the molecule is CNc1nc(OC(C)C)nc(Sc2cc(C)nn2C)n1. The summed E-state index contributed by atoms with van der Waals surface area (Å²) in [5, 5.41) is 8.74. The smallest absolute Gasteiger partial charge is 0.322 e. The van der Waals surface area contributed by atoms with Crippen LogP contribution in [0, 0.1) is 6.92 Å². The average molecular weight is 294 g/mol. The van der Waals surface area contributed by atoms with E-state index in [0.717, 1.165) is 10.7 Å². The van der Waals surface area contributed by atoms with E-state index in [2.05, 4.69) is 25.4 Å². The van der Waals surface area contributed by atoms with Crippen molar-refractivity contribution in [1.82, 2.24) is 24.7 Å². The van der Waals surface area contributed by atoms with Gasteiger partial charge in [-0.15, -0.1) is 0 Å². The highest BCUT2D eigenvalue weighted by Gasteiger charge is 2.12. The van der Waals surface area contributed by atoms with E-state index >= 15 is 0 Å². The zero-order chi connectivity index (χ0) is 14.7. The van der Waals surface area contributed by atoms with Crippen LogP contribution in [-0.4, -0.2) is 37.9 Å². The highest BCUT2D eigenvalue weighted by Crippen LogP contribution is 2.26. The molecule has 0 atom stereocenters. The molecule has 2 heterocycles. The molecular weight excluding hydrogens is 276 g/mol. The van der Waals surface area contributed by atoms with Gasteiger partial charge in [0.15, 0.2) is 0 Å². The molecule has 2 rings (SSSR count). The van der Waals surface area contributed by atoms with Crippen LogP contribution in [0.15, 0.2) is 16.2 Å². The standard InChI is InChI=1S/C12H18N6OS/c1-7(2)19-11-14-10(13-4)15-12(16-11)20-9-6-8(3)17-18(9)5/h6-7H,1-5H3,(H,13,14,15,16). The minimum absolute atomic E-state index is 0.0129. The van der Waals surface area contributed by atoms with E-state index in [9.17, 15) is 0 Å². The lowest BCUT2D eigenvalue weighted by atomic mass is 10.5. The van der Waals surface area contributed by atoms with Gasteiger partial charge in [0.25, 0.3) is 0 Å². The summed E-state index contributed by atoms with van der Waals surface area (Å²) in [5.41, 5.74) is 0.955. The van der Waals surface area contributed by atoms with Crippen molar-refractivity contribution >= 4 is 17.7 Å². The summed E-state index contributed by atoms with van der Waals surface area (Å²) in [4.78, 5) is 12.8. The minimum Gasteiger partial charge on any atom is -0.461 e. The van der Waals surface area contributed by atoms with Crippen LogP contribution in [0.3, 0.4) is 0 Å². The first-order valence-corrected chi connectivity index (χ1v) is 7.08. The molecule has 7 nitrogen and oxygen atoms in total. The lowest BCUT2D eigenvalue weighted by Gasteiger charge is -2.09. The Morgan fingerprint density at radius 2 is 2.05 bits per heavy atom. The van der Waals surface area contributed by atoms with Gasteiger partial charge in [-0.3, -0.25) is 4.68 Å². The predicted octanol–water partition coefficient (Wildman–Crippen LogP) is 1.89. The molecular formula is C12H18N6OS. The van der Waals surface area contributed by atoms with Crippen LogP contribution in [0.5, 0.6) is 6.01 Å². The van der Waals surface area contributed by atoms with Crippen molar-refractivity contribution in [2.75, 3.05) is 12.4 Å². The van der Waals surface area contributed by atoms with E-state index in [0.29, 0.717) is 17.1 Å². The van der Waals surface area contributed by atoms with Crippen molar-refractivity contribution in [3.8, 4) is 6.01 Å². The van der Waals surface area contributed by atoms with Gasteiger partial charge < -0.3 is 10.1 Å². The number of ether oxygens (including phenoxy) is 1. The number of hydrogen-bond acceptors (Lipinski definition) is 7. The fraction of sp³-hybridized carbons (Fsp3) is 0.500. The summed E-state index contributed by atoms with van der Waals surface area (Å²) in [6.45, 7) is 5.81. The number of anilines is 1. The molecule has 0 bridgehead atoms. The first-order valence-electron chi connectivity index (χ1n) is 6.27. The maximum absolute atomic E-state index is 5.53. The van der Waals surface area contributed by atoms with Gasteiger partial charge in [0.2, 0.25) is 11.1 Å². The molecule has 0 saturated heterocycles. The van der Waals surface area contributed by atoms with Crippen molar-refractivity contribution in [3.05, 3.63) is 11.8 Å². The second-order valence-corrected chi connectivity index (χ2v) is 5.48. The van der Waals surface area contributed by atoms with Gasteiger partial charge in [0, 0.05) is 14.1 Å². The van der Waals surface area contributed by atoms with Crippen LogP contribution in [0.1, 0.15) is 19.5 Å². The second-order valence-electron chi connectivity index (χ2n) is 4.49. The molecule has 20 heavy (non-hydrogen) atoms. The van der Waals surface area contributed by atoms with Gasteiger partial charge in [0.1, 0.15) is 5.03 Å². The van der Waals surface area contributed by atoms with Gasteiger partial charge in [-0.1, -0.05) is 0 Å². The van der Waals surface area contributed by atoms with E-state index in [1.807, 2.05) is 33.9 Å². The summed E-state index contributed by atoms with van der Waals surface area (Å²) in [6.07, 6.45) is 0.0129. The number of rotatable bonds is 5. The highest BCUT2D eigenvalue weighted by molar-refractivity contribution is 7.99. The van der Waals surface area contributed by atoms with Crippen molar-refractivity contribution in [1.29, 1.82) is 0 Å². The minimum atomic E-state index is 0.0129. The number of nitrogens with one attached hydrogen (secondary N) is 1. The van der Waals surface area contributed by atoms with E-state index in [1.165, 1.54) is 11.8 Å². The molecule has 0 spiro atoms. The Morgan fingerprint density at radius 1 is 1.30 bits per heavy atom. The van der Waals surface area contributed by atoms with Crippen LogP contribution < -0.4 is 10.1 Å². The first kappa shape index (κ1) is 14.6. The Bertz CT molecular complexity index is 598. The molecule has 0 aliphatic rings. The molecule has 0 aliphatic heterocycles. The third kappa shape index (κ3) is 3.60. The average Bonchev–Trinajstić information content (AvgIpc) is 2.66. The Labute approximate surface area is 122 Å². The normalized spacial score (nSPS) is 10.9. The van der Waals surface area contributed by atoms with Crippen molar-refractivity contribution in [2.24, 2.45) is 7.05 Å². The molecule has 2 aromatic heterocycles. The highest BCUT2D eigenvalue weighted by atomic mass is 32.2. The van der Waals surface area contributed by atoms with Crippen molar-refractivity contribution in [3.63, 3.8) is 0 Å². The zero-order valence-corrected chi connectivity index (χ0v) is 13.0. The van der Waals surface area contributed by atoms with Crippen LogP contribution in [0.2, 0.25) is 0 Å². The quantitative estimate of drug-likeness (QED) is 0.902. The molecule has 2 aromatic rings. The molecule has 0 aromatic carbocycles. The summed E-state index contributed by atoms with van der Waals surface area (Å²) < 4.78 is 7.33. The lowest BCUT2D eigenvalue weighted by molar-refractivity contribution is 0.219. The zero-order valence-electron chi connectivity index (χ0n) is 12.2. The van der Waals surface area contributed by atoms with E-state index in [1.54, 1.807) is 11.7 Å². The molecule has 0 aliphatic carbocycles. The van der Waals surface area contributed by atoms with Crippen LogP contribution in [0.25, 0.3) is 0 Å². The van der Waals surface area contributed by atoms with Gasteiger partial charge in [0.05, 0.1) is 11.8 Å². The van der Waals surface area contributed by atoms with Gasteiger partial charge in [-0.2, -0.15) is 20.1 Å². The monoisotopic (exact) mass is 294 g/mol. The van der Waals surface area contributed by atoms with Gasteiger partial charge in [-0.05, 0) is 38.6 Å². The van der Waals surface area contributed by atoms with E-state index < -0.39 is 0 Å². The molecule has 0 amide bonds. The fourth-order valence-electron chi connectivity index (χ4n) is 1.53. The lowest BCUT2D eigenvalue weighted by Crippen LogP contribution is -2.11. The number of aromatic nitrogens is 5. The molecule has 0 unspecified atom stereocenters. The Kier molecular flexibility index (Phi) is 4.43. The largest absolute Gasteiger partial charge is 0.461 e. The second kappa shape index (κ2) is 6.08. The third-order valence-corrected chi connectivity index (χ3v) is 3.27. The van der Waals surface area contributed by atoms with Gasteiger partial charge >= 0.3 is 6.01 Å².